The molecule has 442 valence electrons. The summed E-state index contributed by atoms with van der Waals surface area (Å²) in [4.78, 5) is 88.3. The van der Waals surface area contributed by atoms with Crippen LogP contribution < -0.4 is 0 Å². The number of pyridine rings is 2. The van der Waals surface area contributed by atoms with E-state index >= 15 is 0 Å². The van der Waals surface area contributed by atoms with Gasteiger partial charge in [0, 0.05) is 67.8 Å². The molecule has 0 saturated carbocycles. The number of fused-ring (bicyclic) bond motifs is 4. The van der Waals surface area contributed by atoms with Crippen molar-refractivity contribution in [2.45, 2.75) is 99.8 Å². The maximum absolute atomic E-state index is 14.5. The zero-order valence-corrected chi connectivity index (χ0v) is 57.0. The van der Waals surface area contributed by atoms with Crippen molar-refractivity contribution in [2.24, 2.45) is 0 Å². The summed E-state index contributed by atoms with van der Waals surface area (Å²) in [6.07, 6.45) is 10.9. The monoisotopic (exact) mass is 1580 g/mol. The van der Waals surface area contributed by atoms with Crippen LogP contribution in [0.2, 0.25) is 0 Å². The summed E-state index contributed by atoms with van der Waals surface area (Å²) in [5, 5.41) is 0.836. The van der Waals surface area contributed by atoms with E-state index in [1.807, 2.05) is 48.5 Å². The van der Waals surface area contributed by atoms with Crippen molar-refractivity contribution < 1.29 is 42.3 Å². The molecule has 18 heteroatoms. The average Bonchev–Trinajstić information content (AvgIpc) is 3.66. The number of allylic oxidation sites excluding steroid dienone is 3. The quantitative estimate of drug-likeness (QED) is 0.0260. The first-order chi connectivity index (χ1) is 39.8. The van der Waals surface area contributed by atoms with Crippen molar-refractivity contribution in [3.63, 3.8) is 0 Å². The zero-order valence-electron chi connectivity index (χ0n) is 48.3. The summed E-state index contributed by atoms with van der Waals surface area (Å²) < 4.78 is 37.8. The van der Waals surface area contributed by atoms with E-state index in [-0.39, 0.29) is 52.2 Å². The fraction of sp³-hybridized carbons (Fsp3) is 0.385. The maximum Gasteiger partial charge on any atom is 0.341 e. The molecule has 83 heavy (non-hydrogen) atoms. The number of ketones is 5. The lowest BCUT2D eigenvalue weighted by atomic mass is 9.87. The summed E-state index contributed by atoms with van der Waals surface area (Å²) in [5.74, 6) is -2.11. The minimum Gasteiger partial charge on any atom is -0.462 e. The van der Waals surface area contributed by atoms with E-state index in [1.54, 1.807) is 43.3 Å². The molecule has 2 aliphatic carbocycles. The highest BCUT2D eigenvalue weighted by atomic mass is 127. The molecule has 8 rings (SSSR count). The largest absolute Gasteiger partial charge is 0.462 e. The first-order valence-electron chi connectivity index (χ1n) is 28.3. The second kappa shape index (κ2) is 35.3. The van der Waals surface area contributed by atoms with Crippen molar-refractivity contribution in [2.75, 3.05) is 65.5 Å². The molecule has 0 spiro atoms. The molecular formula is C65H73F2I4N5O7. The Bertz CT molecular complexity index is 3220. The first-order valence-corrected chi connectivity index (χ1v) is 32.6. The molecule has 0 N–H and O–H groups in total. The number of hydrogen-bond acceptors (Lipinski definition) is 12. The molecule has 0 aliphatic heterocycles. The van der Waals surface area contributed by atoms with Gasteiger partial charge in [0.15, 0.2) is 28.9 Å². The minimum absolute atomic E-state index is 0.0123. The van der Waals surface area contributed by atoms with Gasteiger partial charge in [-0.05, 0) is 260 Å². The third-order valence-corrected chi connectivity index (χ3v) is 17.1. The van der Waals surface area contributed by atoms with Crippen LogP contribution in [0, 0.1) is 25.9 Å². The average molecular weight is 1580 g/mol. The van der Waals surface area contributed by atoms with Gasteiger partial charge < -0.3 is 19.4 Å². The van der Waals surface area contributed by atoms with Crippen molar-refractivity contribution in [3.05, 3.63) is 168 Å². The SMILES string of the molecule is CCN(CC)CCCC(=O)C1=CCc2ccc(I)cc2C1=O.CCN(CC)CCCC(=O)c1cnc2ccc(I)cc2c1F.CCN(CC)CCCC(=O)c1cnc2ccc(I)cc2c1F.CCOC(=O)C1=CCc2ccc(I)cc2C1=O. The Kier molecular flexibility index (Phi) is 29.6. The second-order valence-corrected chi connectivity index (χ2v) is 24.6. The predicted molar refractivity (Wildman–Crippen MR) is 361 cm³/mol. The van der Waals surface area contributed by atoms with Gasteiger partial charge in [-0.25, -0.2) is 13.6 Å². The van der Waals surface area contributed by atoms with Crippen molar-refractivity contribution in [1.82, 2.24) is 24.7 Å². The molecule has 0 radical (unpaired) electrons. The number of carbonyl (C=O) groups is 6. The predicted octanol–water partition coefficient (Wildman–Crippen LogP) is 14.7. The number of halogens is 6. The van der Waals surface area contributed by atoms with E-state index in [0.717, 1.165) is 104 Å². The molecular weight excluding hydrogens is 1510 g/mol. The van der Waals surface area contributed by atoms with Crippen molar-refractivity contribution in [3.8, 4) is 0 Å². The fourth-order valence-corrected chi connectivity index (χ4v) is 11.4. The Morgan fingerprint density at radius 3 is 1.23 bits per heavy atom. The topological polar surface area (TPSA) is 147 Å². The van der Waals surface area contributed by atoms with E-state index in [0.29, 0.717) is 70.6 Å². The van der Waals surface area contributed by atoms with Gasteiger partial charge in [-0.2, -0.15) is 0 Å². The van der Waals surface area contributed by atoms with Gasteiger partial charge in [0.25, 0.3) is 0 Å². The van der Waals surface area contributed by atoms with Crippen LogP contribution >= 0.6 is 90.4 Å². The van der Waals surface area contributed by atoms with Crippen LogP contribution in [0.3, 0.4) is 0 Å². The third-order valence-electron chi connectivity index (χ3n) is 14.4. The summed E-state index contributed by atoms with van der Waals surface area (Å²) in [5.41, 5.74) is 5.20. The first kappa shape index (κ1) is 69.4. The van der Waals surface area contributed by atoms with Crippen LogP contribution in [-0.4, -0.2) is 125 Å². The minimum atomic E-state index is -0.526. The Balaban J connectivity index is 0.000000204. The van der Waals surface area contributed by atoms with Crippen LogP contribution in [0.1, 0.15) is 140 Å². The molecule has 6 aromatic rings. The van der Waals surface area contributed by atoms with Crippen molar-refractivity contribution >= 4 is 147 Å². The van der Waals surface area contributed by atoms with Crippen LogP contribution in [0.5, 0.6) is 0 Å². The van der Waals surface area contributed by atoms with Gasteiger partial charge in [0.2, 0.25) is 0 Å². The molecule has 2 aromatic heterocycles. The van der Waals surface area contributed by atoms with E-state index in [2.05, 4.69) is 157 Å². The van der Waals surface area contributed by atoms with Gasteiger partial charge in [0.05, 0.1) is 34.3 Å². The van der Waals surface area contributed by atoms with Crippen LogP contribution in [0.15, 0.2) is 108 Å². The molecule has 0 fully saturated rings. The summed E-state index contributed by atoms with van der Waals surface area (Å²) in [7, 11) is 0. The maximum atomic E-state index is 14.5. The lowest BCUT2D eigenvalue weighted by molar-refractivity contribution is -0.138. The highest BCUT2D eigenvalue weighted by Gasteiger charge is 2.28. The number of nitrogens with zero attached hydrogens (tertiary/aromatic N) is 5. The van der Waals surface area contributed by atoms with Gasteiger partial charge in [-0.3, -0.25) is 33.9 Å². The fourth-order valence-electron chi connectivity index (χ4n) is 9.47. The summed E-state index contributed by atoms with van der Waals surface area (Å²) in [6.45, 7) is 23.1. The second-order valence-electron chi connectivity index (χ2n) is 19.6. The molecule has 12 nitrogen and oxygen atoms in total. The zero-order chi connectivity index (χ0) is 60.8. The molecule has 0 bridgehead atoms. The van der Waals surface area contributed by atoms with Crippen LogP contribution in [0.4, 0.5) is 8.78 Å². The van der Waals surface area contributed by atoms with E-state index in [9.17, 15) is 37.5 Å². The number of Topliss-reactive ketones (excluding diaryl/α,β-unsaturated/α-hetero) is 5. The molecule has 2 heterocycles. The smallest absolute Gasteiger partial charge is 0.341 e. The van der Waals surface area contributed by atoms with Crippen LogP contribution in [-0.2, 0) is 27.2 Å². The lowest BCUT2D eigenvalue weighted by Gasteiger charge is -2.18. The molecule has 2 aliphatic rings. The highest BCUT2D eigenvalue weighted by Crippen LogP contribution is 2.28. The number of rotatable bonds is 23. The standard InChI is InChI=1S/C18H22INO2.2C17H20FIN2O.C13H11IO3/c1-3-20(4-2)11-5-6-17(21)15-10-8-13-7-9-14(19)12-16(13)18(15)22;2*1-3-21(4-2)9-5-6-16(22)14-11-20-15-8-7-12(19)10-13(15)17(14)18;1-2-17-13(16)10-6-4-8-3-5-9(14)7-11(8)12(10)15/h7,9-10,12H,3-6,8,11H2,1-2H3;2*7-8,10-11H,3-6,9H2,1-2H3;3,5-7H,2,4H2,1H3. The number of esters is 1. The number of ether oxygens (including phenoxy) is 1. The van der Waals surface area contributed by atoms with Gasteiger partial charge in [-0.15, -0.1) is 0 Å². The number of hydrogen-bond donors (Lipinski definition) is 0. The normalized spacial score (nSPS) is 12.6. The molecule has 0 saturated heterocycles. The third kappa shape index (κ3) is 20.1. The highest BCUT2D eigenvalue weighted by molar-refractivity contribution is 14.1. The Morgan fingerprint density at radius 2 is 0.843 bits per heavy atom. The van der Waals surface area contributed by atoms with Gasteiger partial charge >= 0.3 is 5.97 Å². The number of aromatic nitrogens is 2. The summed E-state index contributed by atoms with van der Waals surface area (Å²) >= 11 is 8.60. The van der Waals surface area contributed by atoms with E-state index in [1.165, 1.54) is 12.4 Å². The van der Waals surface area contributed by atoms with Gasteiger partial charge in [0.1, 0.15) is 17.2 Å². The molecule has 0 amide bonds. The summed E-state index contributed by atoms with van der Waals surface area (Å²) in [6, 6.07) is 22.3. The Labute approximate surface area is 542 Å². The van der Waals surface area contributed by atoms with Crippen molar-refractivity contribution in [1.29, 1.82) is 0 Å². The number of benzene rings is 4. The van der Waals surface area contributed by atoms with Crippen LogP contribution in [0.25, 0.3) is 21.8 Å². The molecule has 0 atom stereocenters. The Morgan fingerprint density at radius 1 is 0.494 bits per heavy atom. The van der Waals surface area contributed by atoms with E-state index in [4.69, 9.17) is 4.74 Å². The lowest BCUT2D eigenvalue weighted by Crippen LogP contribution is -2.25. The Hall–Kier alpha value is -4.34. The molecule has 4 aromatic carbocycles. The number of carbonyl (C=O) groups excluding carboxylic acids is 6. The van der Waals surface area contributed by atoms with E-state index < -0.39 is 17.6 Å². The molecule has 0 unspecified atom stereocenters. The van der Waals surface area contributed by atoms with Gasteiger partial charge in [-0.1, -0.05) is 65.8 Å².